The SMILES string of the molecule is O=C(O)Cc1csc(NCCCn2cccn2)n1. The molecule has 0 bridgehead atoms. The second kappa shape index (κ2) is 6.15. The molecule has 0 saturated carbocycles. The molecule has 0 aliphatic rings. The van der Waals surface area contributed by atoms with Crippen LogP contribution in [0.3, 0.4) is 0 Å². The molecule has 0 saturated heterocycles. The largest absolute Gasteiger partial charge is 0.481 e. The molecule has 18 heavy (non-hydrogen) atoms. The summed E-state index contributed by atoms with van der Waals surface area (Å²) in [4.78, 5) is 14.7. The average molecular weight is 266 g/mol. The molecule has 0 spiro atoms. The number of hydrogen-bond donors (Lipinski definition) is 2. The number of aliphatic carboxylic acids is 1. The molecule has 2 aromatic heterocycles. The van der Waals surface area contributed by atoms with Crippen LogP contribution < -0.4 is 5.32 Å². The van der Waals surface area contributed by atoms with Crippen LogP contribution in [-0.2, 0) is 17.8 Å². The zero-order valence-corrected chi connectivity index (χ0v) is 10.6. The molecule has 2 aromatic rings. The standard InChI is InChI=1S/C11H14N4O2S/c16-10(17)7-9-8-18-11(14-9)12-3-1-5-15-6-2-4-13-15/h2,4,6,8H,1,3,5,7H2,(H,12,14)(H,16,17). The minimum absolute atomic E-state index is 0.0224. The lowest BCUT2D eigenvalue weighted by Crippen LogP contribution is -2.07. The van der Waals surface area contributed by atoms with E-state index in [1.807, 2.05) is 16.9 Å². The van der Waals surface area contributed by atoms with Gasteiger partial charge in [-0.15, -0.1) is 11.3 Å². The first kappa shape index (κ1) is 12.6. The zero-order chi connectivity index (χ0) is 12.8. The summed E-state index contributed by atoms with van der Waals surface area (Å²) in [7, 11) is 0. The van der Waals surface area contributed by atoms with Gasteiger partial charge in [-0.2, -0.15) is 5.10 Å². The summed E-state index contributed by atoms with van der Waals surface area (Å²) < 4.78 is 1.87. The van der Waals surface area contributed by atoms with Gasteiger partial charge in [-0.3, -0.25) is 9.48 Å². The third kappa shape index (κ3) is 3.85. The van der Waals surface area contributed by atoms with Crippen molar-refractivity contribution in [3.8, 4) is 0 Å². The maximum atomic E-state index is 10.5. The molecule has 0 aliphatic carbocycles. The fourth-order valence-electron chi connectivity index (χ4n) is 1.49. The highest BCUT2D eigenvalue weighted by Gasteiger charge is 2.05. The van der Waals surface area contributed by atoms with Gasteiger partial charge in [-0.25, -0.2) is 4.98 Å². The smallest absolute Gasteiger partial charge is 0.309 e. The number of thiazole rings is 1. The first-order valence-corrected chi connectivity index (χ1v) is 6.49. The van der Waals surface area contributed by atoms with E-state index in [9.17, 15) is 4.79 Å². The van der Waals surface area contributed by atoms with Crippen molar-refractivity contribution in [2.75, 3.05) is 11.9 Å². The molecule has 0 unspecified atom stereocenters. The third-order valence-corrected chi connectivity index (χ3v) is 3.13. The van der Waals surface area contributed by atoms with Crippen LogP contribution in [0, 0.1) is 0 Å². The Balaban J connectivity index is 1.70. The molecule has 0 fully saturated rings. The van der Waals surface area contributed by atoms with Crippen LogP contribution in [0.5, 0.6) is 0 Å². The summed E-state index contributed by atoms with van der Waals surface area (Å²) in [6.07, 6.45) is 4.60. The van der Waals surface area contributed by atoms with Gasteiger partial charge in [-0.1, -0.05) is 0 Å². The van der Waals surface area contributed by atoms with Crippen LogP contribution in [0.25, 0.3) is 0 Å². The number of nitrogens with one attached hydrogen (secondary N) is 1. The summed E-state index contributed by atoms with van der Waals surface area (Å²) in [5.41, 5.74) is 0.599. The normalized spacial score (nSPS) is 10.4. The van der Waals surface area contributed by atoms with E-state index in [0.717, 1.165) is 24.6 Å². The monoisotopic (exact) mass is 266 g/mol. The number of hydrogen-bond acceptors (Lipinski definition) is 5. The fraction of sp³-hybridized carbons (Fsp3) is 0.364. The van der Waals surface area contributed by atoms with Crippen LogP contribution in [0.2, 0.25) is 0 Å². The third-order valence-electron chi connectivity index (χ3n) is 2.28. The topological polar surface area (TPSA) is 80.0 Å². The van der Waals surface area contributed by atoms with Crippen molar-refractivity contribution >= 4 is 22.4 Å². The van der Waals surface area contributed by atoms with Crippen molar-refractivity contribution in [1.29, 1.82) is 0 Å². The summed E-state index contributed by atoms with van der Waals surface area (Å²) >= 11 is 1.43. The molecule has 0 amide bonds. The molecule has 0 atom stereocenters. The van der Waals surface area contributed by atoms with Crippen LogP contribution in [0.15, 0.2) is 23.8 Å². The number of carbonyl (C=O) groups is 1. The Labute approximate surface area is 108 Å². The van der Waals surface area contributed by atoms with Crippen molar-refractivity contribution in [2.45, 2.75) is 19.4 Å². The Morgan fingerprint density at radius 2 is 2.44 bits per heavy atom. The fourth-order valence-corrected chi connectivity index (χ4v) is 2.23. The Bertz CT molecular complexity index is 495. The summed E-state index contributed by atoms with van der Waals surface area (Å²) in [6.45, 7) is 1.65. The van der Waals surface area contributed by atoms with Crippen molar-refractivity contribution in [2.24, 2.45) is 0 Å². The van der Waals surface area contributed by atoms with Crippen LogP contribution in [-0.4, -0.2) is 32.4 Å². The summed E-state index contributed by atoms with van der Waals surface area (Å²) in [5.74, 6) is -0.856. The van der Waals surface area contributed by atoms with Crippen molar-refractivity contribution in [3.05, 3.63) is 29.5 Å². The highest BCUT2D eigenvalue weighted by atomic mass is 32.1. The van der Waals surface area contributed by atoms with E-state index >= 15 is 0 Å². The number of anilines is 1. The van der Waals surface area contributed by atoms with E-state index in [0.29, 0.717) is 5.69 Å². The van der Waals surface area contributed by atoms with Gasteiger partial charge < -0.3 is 10.4 Å². The first-order valence-electron chi connectivity index (χ1n) is 5.61. The van der Waals surface area contributed by atoms with E-state index in [4.69, 9.17) is 5.11 Å². The highest BCUT2D eigenvalue weighted by molar-refractivity contribution is 7.13. The quantitative estimate of drug-likeness (QED) is 0.742. The molecular weight excluding hydrogens is 252 g/mol. The van der Waals surface area contributed by atoms with Gasteiger partial charge in [0.2, 0.25) is 0 Å². The molecule has 7 heteroatoms. The van der Waals surface area contributed by atoms with Gasteiger partial charge in [0.15, 0.2) is 5.13 Å². The minimum atomic E-state index is -0.856. The molecule has 96 valence electrons. The summed E-state index contributed by atoms with van der Waals surface area (Å²) in [6, 6.07) is 1.90. The lowest BCUT2D eigenvalue weighted by atomic mass is 10.3. The zero-order valence-electron chi connectivity index (χ0n) is 9.74. The molecule has 2 N–H and O–H groups in total. The number of aryl methyl sites for hydroxylation is 1. The van der Waals surface area contributed by atoms with E-state index in [1.54, 1.807) is 11.6 Å². The van der Waals surface area contributed by atoms with Gasteiger partial charge in [0.05, 0.1) is 12.1 Å². The maximum Gasteiger partial charge on any atom is 0.309 e. The Morgan fingerprint density at radius 1 is 1.56 bits per heavy atom. The molecule has 0 aromatic carbocycles. The average Bonchev–Trinajstić information content (AvgIpc) is 2.95. The van der Waals surface area contributed by atoms with E-state index < -0.39 is 5.97 Å². The van der Waals surface area contributed by atoms with Crippen molar-refractivity contribution in [3.63, 3.8) is 0 Å². The number of nitrogens with zero attached hydrogens (tertiary/aromatic N) is 3. The lowest BCUT2D eigenvalue weighted by Gasteiger charge is -2.02. The Morgan fingerprint density at radius 3 is 3.17 bits per heavy atom. The Kier molecular flexibility index (Phi) is 4.30. The van der Waals surface area contributed by atoms with Gasteiger partial charge in [0.1, 0.15) is 0 Å². The molecule has 6 nitrogen and oxygen atoms in total. The van der Waals surface area contributed by atoms with E-state index in [1.165, 1.54) is 11.3 Å². The molecular formula is C11H14N4O2S. The van der Waals surface area contributed by atoms with Crippen LogP contribution in [0.4, 0.5) is 5.13 Å². The predicted molar refractivity (Wildman–Crippen MR) is 68.8 cm³/mol. The van der Waals surface area contributed by atoms with Crippen LogP contribution >= 0.6 is 11.3 Å². The maximum absolute atomic E-state index is 10.5. The van der Waals surface area contributed by atoms with E-state index in [-0.39, 0.29) is 6.42 Å². The van der Waals surface area contributed by atoms with Gasteiger partial charge in [0.25, 0.3) is 0 Å². The molecule has 2 heterocycles. The number of carboxylic acid groups (broad SMARTS) is 1. The van der Waals surface area contributed by atoms with Gasteiger partial charge >= 0.3 is 5.97 Å². The molecule has 2 rings (SSSR count). The lowest BCUT2D eigenvalue weighted by molar-refractivity contribution is -0.136. The van der Waals surface area contributed by atoms with Crippen molar-refractivity contribution < 1.29 is 9.90 Å². The van der Waals surface area contributed by atoms with E-state index in [2.05, 4.69) is 15.4 Å². The second-order valence-corrected chi connectivity index (χ2v) is 4.62. The second-order valence-electron chi connectivity index (χ2n) is 3.76. The highest BCUT2D eigenvalue weighted by Crippen LogP contribution is 2.15. The van der Waals surface area contributed by atoms with Crippen LogP contribution in [0.1, 0.15) is 12.1 Å². The minimum Gasteiger partial charge on any atom is -0.481 e. The number of aromatic nitrogens is 3. The van der Waals surface area contributed by atoms with Gasteiger partial charge in [-0.05, 0) is 12.5 Å². The Hall–Kier alpha value is -1.89. The first-order chi connectivity index (χ1) is 8.74. The molecule has 0 radical (unpaired) electrons. The summed E-state index contributed by atoms with van der Waals surface area (Å²) in [5, 5.41) is 18.5. The predicted octanol–water partition coefficient (Wildman–Crippen LogP) is 1.47. The molecule has 0 aliphatic heterocycles. The number of carboxylic acids is 1. The van der Waals surface area contributed by atoms with Gasteiger partial charge in [0, 0.05) is 30.9 Å². The van der Waals surface area contributed by atoms with Crippen molar-refractivity contribution in [1.82, 2.24) is 14.8 Å². The number of rotatable bonds is 7.